The fourth-order valence-corrected chi connectivity index (χ4v) is 3.16. The number of esters is 2. The van der Waals surface area contributed by atoms with Crippen molar-refractivity contribution in [1.29, 1.82) is 0 Å². The molecule has 0 unspecified atom stereocenters. The van der Waals surface area contributed by atoms with Gasteiger partial charge in [0.25, 0.3) is 0 Å². The largest absolute Gasteiger partial charge is 0.496 e. The molecule has 29 heavy (non-hydrogen) atoms. The van der Waals surface area contributed by atoms with Crippen LogP contribution in [0.5, 0.6) is 11.5 Å². The van der Waals surface area contributed by atoms with Crippen LogP contribution in [0.25, 0.3) is 0 Å². The highest BCUT2D eigenvalue weighted by molar-refractivity contribution is 5.92. The summed E-state index contributed by atoms with van der Waals surface area (Å²) in [5, 5.41) is 2.85. The number of alkyl carbamates (subject to hydrolysis) is 1. The molecular weight excluding hydrogens is 378 g/mol. The average molecular weight is 407 g/mol. The van der Waals surface area contributed by atoms with Gasteiger partial charge in [-0.05, 0) is 58.6 Å². The van der Waals surface area contributed by atoms with Crippen LogP contribution in [-0.2, 0) is 14.3 Å². The number of rotatable bonds is 5. The first-order valence-corrected chi connectivity index (χ1v) is 9.60. The van der Waals surface area contributed by atoms with Crippen LogP contribution in [0.15, 0.2) is 18.2 Å². The Morgan fingerprint density at radius 2 is 1.69 bits per heavy atom. The van der Waals surface area contributed by atoms with E-state index in [2.05, 4.69) is 5.32 Å². The maximum atomic E-state index is 12.5. The zero-order valence-corrected chi connectivity index (χ0v) is 17.6. The Morgan fingerprint density at radius 3 is 2.24 bits per heavy atom. The molecule has 1 N–H and O–H groups in total. The van der Waals surface area contributed by atoms with Gasteiger partial charge in [-0.25, -0.2) is 9.59 Å². The molecule has 1 aromatic rings. The molecule has 1 amide bonds. The lowest BCUT2D eigenvalue weighted by atomic mass is 9.86. The normalized spacial score (nSPS) is 19.1. The van der Waals surface area contributed by atoms with E-state index in [0.717, 1.165) is 0 Å². The molecule has 0 atom stereocenters. The van der Waals surface area contributed by atoms with Crippen molar-refractivity contribution >= 4 is 18.0 Å². The second kappa shape index (κ2) is 9.62. The molecule has 1 saturated carbocycles. The number of benzene rings is 1. The van der Waals surface area contributed by atoms with Crippen molar-refractivity contribution in [2.75, 3.05) is 14.2 Å². The molecule has 0 heterocycles. The molecule has 1 fully saturated rings. The number of hydrogen-bond donors (Lipinski definition) is 1. The summed E-state index contributed by atoms with van der Waals surface area (Å²) in [6.07, 6.45) is 2.11. The Kier molecular flexibility index (Phi) is 7.47. The SMILES string of the molecule is COC(=O)c1ccc(OC(=O)C2CCC(NC(=O)OC(C)(C)C)CC2)cc1OC. The molecule has 160 valence electrons. The third-order valence-corrected chi connectivity index (χ3v) is 4.58. The van der Waals surface area contributed by atoms with Gasteiger partial charge in [0.1, 0.15) is 22.7 Å². The zero-order valence-electron chi connectivity index (χ0n) is 17.6. The molecule has 2 rings (SSSR count). The number of methoxy groups -OCH3 is 2. The lowest BCUT2D eigenvalue weighted by molar-refractivity contribution is -0.140. The van der Waals surface area contributed by atoms with Crippen LogP contribution in [0.4, 0.5) is 4.79 Å². The quantitative estimate of drug-likeness (QED) is 0.589. The number of amides is 1. The standard InChI is InChI=1S/C21H29NO7/c1-21(2,3)29-20(25)22-14-8-6-13(7-9-14)18(23)28-15-10-11-16(19(24)27-5)17(12-15)26-4/h10-14H,6-9H2,1-5H3,(H,22,25). The summed E-state index contributed by atoms with van der Waals surface area (Å²) in [6, 6.07) is 4.49. The van der Waals surface area contributed by atoms with E-state index >= 15 is 0 Å². The Labute approximate surface area is 170 Å². The van der Waals surface area contributed by atoms with Gasteiger partial charge in [0.2, 0.25) is 0 Å². The highest BCUT2D eigenvalue weighted by atomic mass is 16.6. The van der Waals surface area contributed by atoms with Crippen LogP contribution in [-0.4, -0.2) is 43.9 Å². The van der Waals surface area contributed by atoms with Gasteiger partial charge in [-0.2, -0.15) is 0 Å². The minimum atomic E-state index is -0.546. The highest BCUT2D eigenvalue weighted by Crippen LogP contribution is 2.29. The minimum absolute atomic E-state index is 0.0201. The lowest BCUT2D eigenvalue weighted by Gasteiger charge is -2.29. The van der Waals surface area contributed by atoms with Crippen molar-refractivity contribution in [3.63, 3.8) is 0 Å². The first kappa shape index (κ1) is 22.5. The number of nitrogens with one attached hydrogen (secondary N) is 1. The molecule has 0 aromatic heterocycles. The van der Waals surface area contributed by atoms with Crippen molar-refractivity contribution in [1.82, 2.24) is 5.32 Å². The van der Waals surface area contributed by atoms with Crippen molar-refractivity contribution in [2.24, 2.45) is 5.92 Å². The molecule has 1 aliphatic carbocycles. The maximum absolute atomic E-state index is 12.5. The van der Waals surface area contributed by atoms with E-state index in [4.69, 9.17) is 18.9 Å². The minimum Gasteiger partial charge on any atom is -0.496 e. The average Bonchev–Trinajstić information content (AvgIpc) is 2.66. The second-order valence-electron chi connectivity index (χ2n) is 7.97. The van der Waals surface area contributed by atoms with Crippen LogP contribution in [0.1, 0.15) is 56.8 Å². The van der Waals surface area contributed by atoms with Gasteiger partial charge in [0.15, 0.2) is 0 Å². The third kappa shape index (κ3) is 6.66. The summed E-state index contributed by atoms with van der Waals surface area (Å²) < 4.78 is 20.6. The predicted octanol–water partition coefficient (Wildman–Crippen LogP) is 3.47. The van der Waals surface area contributed by atoms with Crippen molar-refractivity contribution in [3.05, 3.63) is 23.8 Å². The van der Waals surface area contributed by atoms with E-state index < -0.39 is 17.7 Å². The smallest absolute Gasteiger partial charge is 0.407 e. The first-order valence-electron chi connectivity index (χ1n) is 9.60. The van der Waals surface area contributed by atoms with Gasteiger partial charge in [-0.1, -0.05) is 0 Å². The monoisotopic (exact) mass is 407 g/mol. The van der Waals surface area contributed by atoms with E-state index in [9.17, 15) is 14.4 Å². The molecule has 0 aliphatic heterocycles. The van der Waals surface area contributed by atoms with Crippen molar-refractivity contribution in [3.8, 4) is 11.5 Å². The summed E-state index contributed by atoms with van der Waals surface area (Å²) in [7, 11) is 2.70. The van der Waals surface area contributed by atoms with E-state index in [1.165, 1.54) is 32.4 Å². The zero-order chi connectivity index (χ0) is 21.6. The fraction of sp³-hybridized carbons (Fsp3) is 0.571. The van der Waals surface area contributed by atoms with Crippen LogP contribution < -0.4 is 14.8 Å². The van der Waals surface area contributed by atoms with Gasteiger partial charge in [0.05, 0.1) is 20.1 Å². The molecule has 8 heteroatoms. The second-order valence-corrected chi connectivity index (χ2v) is 7.97. The van der Waals surface area contributed by atoms with Crippen molar-refractivity contribution in [2.45, 2.75) is 58.1 Å². The first-order chi connectivity index (χ1) is 13.6. The van der Waals surface area contributed by atoms with E-state index in [-0.39, 0.29) is 29.2 Å². The molecule has 0 radical (unpaired) electrons. The highest BCUT2D eigenvalue weighted by Gasteiger charge is 2.29. The number of carbonyl (C=O) groups excluding carboxylic acids is 3. The van der Waals surface area contributed by atoms with Crippen LogP contribution in [0.2, 0.25) is 0 Å². The summed E-state index contributed by atoms with van der Waals surface area (Å²) in [6.45, 7) is 5.44. The Bertz CT molecular complexity index is 746. The molecule has 1 aliphatic rings. The van der Waals surface area contributed by atoms with Crippen LogP contribution in [0, 0.1) is 5.92 Å². The van der Waals surface area contributed by atoms with E-state index in [1.807, 2.05) is 20.8 Å². The molecule has 0 saturated heterocycles. The molecule has 0 spiro atoms. The van der Waals surface area contributed by atoms with Gasteiger partial charge < -0.3 is 24.3 Å². The third-order valence-electron chi connectivity index (χ3n) is 4.58. The molecule has 8 nitrogen and oxygen atoms in total. The van der Waals surface area contributed by atoms with E-state index in [1.54, 1.807) is 0 Å². The number of ether oxygens (including phenoxy) is 4. The molecule has 1 aromatic carbocycles. The lowest BCUT2D eigenvalue weighted by Crippen LogP contribution is -2.41. The Morgan fingerprint density at radius 1 is 1.03 bits per heavy atom. The Hall–Kier alpha value is -2.77. The van der Waals surface area contributed by atoms with Gasteiger partial charge in [0, 0.05) is 12.1 Å². The number of hydrogen-bond acceptors (Lipinski definition) is 7. The number of carbonyl (C=O) groups is 3. The van der Waals surface area contributed by atoms with Crippen molar-refractivity contribution < 1.29 is 33.3 Å². The van der Waals surface area contributed by atoms with Crippen LogP contribution in [0.3, 0.4) is 0 Å². The summed E-state index contributed by atoms with van der Waals surface area (Å²) >= 11 is 0. The van der Waals surface area contributed by atoms with Crippen LogP contribution >= 0.6 is 0 Å². The molecule has 0 bridgehead atoms. The fourth-order valence-electron chi connectivity index (χ4n) is 3.16. The topological polar surface area (TPSA) is 100 Å². The molecular formula is C21H29NO7. The maximum Gasteiger partial charge on any atom is 0.407 e. The van der Waals surface area contributed by atoms with E-state index in [0.29, 0.717) is 31.4 Å². The van der Waals surface area contributed by atoms with Gasteiger partial charge in [-0.3, -0.25) is 4.79 Å². The Balaban J connectivity index is 1.88. The summed E-state index contributed by atoms with van der Waals surface area (Å²) in [5.74, 6) is -0.553. The summed E-state index contributed by atoms with van der Waals surface area (Å²) in [4.78, 5) is 36.1. The summed E-state index contributed by atoms with van der Waals surface area (Å²) in [5.41, 5.74) is -0.293. The van der Waals surface area contributed by atoms with Gasteiger partial charge in [-0.15, -0.1) is 0 Å². The van der Waals surface area contributed by atoms with Gasteiger partial charge >= 0.3 is 18.0 Å². The predicted molar refractivity (Wildman–Crippen MR) is 105 cm³/mol.